The second kappa shape index (κ2) is 6.27. The molecule has 1 aromatic heterocycles. The molecule has 1 heterocycles. The van der Waals surface area contributed by atoms with Gasteiger partial charge in [0.1, 0.15) is 5.75 Å². The van der Waals surface area contributed by atoms with E-state index in [2.05, 4.69) is 29.2 Å². The summed E-state index contributed by atoms with van der Waals surface area (Å²) < 4.78 is 6.04. The molecule has 3 nitrogen and oxygen atoms in total. The van der Waals surface area contributed by atoms with Crippen molar-refractivity contribution in [1.29, 1.82) is 0 Å². The molecular weight excluding hydrogens is 260 g/mol. The smallest absolute Gasteiger partial charge is 0.142 e. The van der Waals surface area contributed by atoms with E-state index in [9.17, 15) is 0 Å². The van der Waals surface area contributed by atoms with Crippen LogP contribution >= 0.6 is 0 Å². The summed E-state index contributed by atoms with van der Waals surface area (Å²) in [5, 5.41) is 0. The van der Waals surface area contributed by atoms with Crippen LogP contribution in [0.2, 0.25) is 0 Å². The Morgan fingerprint density at radius 2 is 2.10 bits per heavy atom. The molecule has 1 aromatic carbocycles. The molecule has 21 heavy (non-hydrogen) atoms. The van der Waals surface area contributed by atoms with E-state index in [1.165, 1.54) is 30.4 Å². The summed E-state index contributed by atoms with van der Waals surface area (Å²) in [6, 6.07) is 12.7. The van der Waals surface area contributed by atoms with E-state index >= 15 is 0 Å². The fourth-order valence-corrected chi connectivity index (χ4v) is 3.09. The zero-order valence-electron chi connectivity index (χ0n) is 12.5. The second-order valence-corrected chi connectivity index (χ2v) is 5.70. The van der Waals surface area contributed by atoms with Gasteiger partial charge in [0, 0.05) is 18.2 Å². The van der Waals surface area contributed by atoms with Crippen molar-refractivity contribution in [2.75, 3.05) is 6.61 Å². The van der Waals surface area contributed by atoms with Crippen LogP contribution in [0.1, 0.15) is 41.3 Å². The molecule has 1 unspecified atom stereocenters. The molecular formula is C18H22N2O. The van der Waals surface area contributed by atoms with Gasteiger partial charge in [-0.3, -0.25) is 4.98 Å². The Bertz CT molecular complexity index is 624. The summed E-state index contributed by atoms with van der Waals surface area (Å²) in [6.45, 7) is 3.09. The zero-order valence-corrected chi connectivity index (χ0v) is 12.5. The van der Waals surface area contributed by atoms with Crippen LogP contribution in [0.3, 0.4) is 0 Å². The summed E-state index contributed by atoms with van der Waals surface area (Å²) >= 11 is 0. The average Bonchev–Trinajstić information content (AvgIpc) is 2.53. The number of hydrogen-bond donors (Lipinski definition) is 1. The monoisotopic (exact) mass is 282 g/mol. The maximum atomic E-state index is 6.04. The molecule has 0 spiro atoms. The first-order valence-electron chi connectivity index (χ1n) is 7.65. The highest BCUT2D eigenvalue weighted by Crippen LogP contribution is 2.32. The van der Waals surface area contributed by atoms with Gasteiger partial charge in [-0.15, -0.1) is 0 Å². The van der Waals surface area contributed by atoms with Gasteiger partial charge in [-0.05, 0) is 49.4 Å². The summed E-state index contributed by atoms with van der Waals surface area (Å²) in [7, 11) is 0. The molecule has 0 radical (unpaired) electrons. The molecule has 3 rings (SSSR count). The van der Waals surface area contributed by atoms with Gasteiger partial charge in [-0.1, -0.05) is 24.3 Å². The zero-order chi connectivity index (χ0) is 14.7. The lowest BCUT2D eigenvalue weighted by atomic mass is 9.83. The van der Waals surface area contributed by atoms with Crippen LogP contribution in [-0.4, -0.2) is 11.6 Å². The molecule has 0 bridgehead atoms. The van der Waals surface area contributed by atoms with Crippen molar-refractivity contribution < 1.29 is 4.74 Å². The second-order valence-electron chi connectivity index (χ2n) is 5.70. The average molecular weight is 282 g/mol. The molecule has 1 atom stereocenters. The number of rotatable bonds is 4. The molecule has 110 valence electrons. The van der Waals surface area contributed by atoms with Crippen molar-refractivity contribution in [3.63, 3.8) is 0 Å². The van der Waals surface area contributed by atoms with Crippen LogP contribution in [0.5, 0.6) is 5.75 Å². The van der Waals surface area contributed by atoms with E-state index in [4.69, 9.17) is 10.5 Å². The number of aromatic nitrogens is 1. The summed E-state index contributed by atoms with van der Waals surface area (Å²) in [5.41, 5.74) is 10.5. The van der Waals surface area contributed by atoms with Crippen LogP contribution in [-0.2, 0) is 13.0 Å². The molecule has 0 amide bonds. The molecule has 0 saturated heterocycles. The molecule has 0 aliphatic heterocycles. The van der Waals surface area contributed by atoms with Crippen molar-refractivity contribution in [1.82, 2.24) is 4.98 Å². The fourth-order valence-electron chi connectivity index (χ4n) is 3.09. The van der Waals surface area contributed by atoms with Gasteiger partial charge >= 0.3 is 0 Å². The van der Waals surface area contributed by atoms with E-state index in [-0.39, 0.29) is 0 Å². The van der Waals surface area contributed by atoms with Crippen molar-refractivity contribution in [3.8, 4) is 5.75 Å². The number of fused-ring (bicyclic) bond motifs is 1. The standard InChI is InChI=1S/C18H22N2O/c1-13-9-10-18(17(11-19)20-13)21-12-15-7-4-6-14-5-2-3-8-16(14)15/h2-3,5,8-10,15H,4,6-7,11-12,19H2,1H3. The van der Waals surface area contributed by atoms with E-state index in [1.54, 1.807) is 0 Å². The van der Waals surface area contributed by atoms with Crippen molar-refractivity contribution in [2.45, 2.75) is 38.6 Å². The van der Waals surface area contributed by atoms with Crippen LogP contribution < -0.4 is 10.5 Å². The highest BCUT2D eigenvalue weighted by molar-refractivity contribution is 5.33. The Balaban J connectivity index is 1.74. The van der Waals surface area contributed by atoms with Gasteiger partial charge in [0.25, 0.3) is 0 Å². The highest BCUT2D eigenvalue weighted by atomic mass is 16.5. The fraction of sp³-hybridized carbons (Fsp3) is 0.389. The third-order valence-corrected chi connectivity index (χ3v) is 4.20. The SMILES string of the molecule is Cc1ccc(OCC2CCCc3ccccc32)c(CN)n1. The van der Waals surface area contributed by atoms with Gasteiger partial charge in [-0.2, -0.15) is 0 Å². The topological polar surface area (TPSA) is 48.1 Å². The number of ether oxygens (including phenoxy) is 1. The summed E-state index contributed by atoms with van der Waals surface area (Å²) in [5.74, 6) is 1.30. The third-order valence-electron chi connectivity index (χ3n) is 4.20. The number of nitrogens with two attached hydrogens (primary N) is 1. The van der Waals surface area contributed by atoms with E-state index in [0.717, 1.165) is 17.1 Å². The van der Waals surface area contributed by atoms with Gasteiger partial charge in [0.15, 0.2) is 0 Å². The number of benzene rings is 1. The van der Waals surface area contributed by atoms with Crippen molar-refractivity contribution in [3.05, 3.63) is 58.9 Å². The molecule has 1 aliphatic rings. The third kappa shape index (κ3) is 3.08. The van der Waals surface area contributed by atoms with Gasteiger partial charge < -0.3 is 10.5 Å². The Morgan fingerprint density at radius 1 is 1.24 bits per heavy atom. The quantitative estimate of drug-likeness (QED) is 0.935. The predicted octanol–water partition coefficient (Wildman–Crippen LogP) is 3.35. The van der Waals surface area contributed by atoms with Crippen LogP contribution in [0.15, 0.2) is 36.4 Å². The number of nitrogens with zero attached hydrogens (tertiary/aromatic N) is 1. The first kappa shape index (κ1) is 14.1. The first-order chi connectivity index (χ1) is 10.3. The Labute approximate surface area is 126 Å². The van der Waals surface area contributed by atoms with E-state index < -0.39 is 0 Å². The van der Waals surface area contributed by atoms with Gasteiger partial charge in [0.05, 0.1) is 12.3 Å². The molecule has 3 heteroatoms. The highest BCUT2D eigenvalue weighted by Gasteiger charge is 2.20. The Kier molecular flexibility index (Phi) is 4.20. The Hall–Kier alpha value is -1.87. The predicted molar refractivity (Wildman–Crippen MR) is 84.5 cm³/mol. The minimum Gasteiger partial charge on any atom is -0.491 e. The number of hydrogen-bond acceptors (Lipinski definition) is 3. The minimum atomic E-state index is 0.415. The molecule has 0 saturated carbocycles. The largest absolute Gasteiger partial charge is 0.491 e. The van der Waals surface area contributed by atoms with E-state index in [1.807, 2.05) is 19.1 Å². The maximum absolute atomic E-state index is 6.04. The molecule has 2 aromatic rings. The lowest BCUT2D eigenvalue weighted by molar-refractivity contribution is 0.271. The lowest BCUT2D eigenvalue weighted by Crippen LogP contribution is -2.17. The van der Waals surface area contributed by atoms with Gasteiger partial charge in [-0.25, -0.2) is 0 Å². The lowest BCUT2D eigenvalue weighted by Gasteiger charge is -2.25. The maximum Gasteiger partial charge on any atom is 0.142 e. The molecule has 0 fully saturated rings. The van der Waals surface area contributed by atoms with E-state index in [0.29, 0.717) is 19.1 Å². The van der Waals surface area contributed by atoms with Crippen LogP contribution in [0.25, 0.3) is 0 Å². The normalized spacial score (nSPS) is 17.3. The summed E-state index contributed by atoms with van der Waals surface area (Å²) in [6.07, 6.45) is 3.61. The summed E-state index contributed by atoms with van der Waals surface area (Å²) in [4.78, 5) is 4.45. The van der Waals surface area contributed by atoms with Crippen molar-refractivity contribution in [2.24, 2.45) is 5.73 Å². The van der Waals surface area contributed by atoms with Crippen LogP contribution in [0, 0.1) is 6.92 Å². The van der Waals surface area contributed by atoms with Crippen molar-refractivity contribution >= 4 is 0 Å². The van der Waals surface area contributed by atoms with Crippen LogP contribution in [0.4, 0.5) is 0 Å². The number of aryl methyl sites for hydroxylation is 2. The number of pyridine rings is 1. The Morgan fingerprint density at radius 3 is 2.95 bits per heavy atom. The molecule has 2 N–H and O–H groups in total. The van der Waals surface area contributed by atoms with Gasteiger partial charge in [0.2, 0.25) is 0 Å². The minimum absolute atomic E-state index is 0.415. The first-order valence-corrected chi connectivity index (χ1v) is 7.65. The molecule has 1 aliphatic carbocycles.